The Hall–Kier alpha value is -4.13. The van der Waals surface area contributed by atoms with E-state index in [0.29, 0.717) is 46.4 Å². The standard InChI is InChI=1S/C28H26N2O5/c1-17(2)13-15-34-21-12-11-18(16-22(21)33-3)25-24-26(31)19-8-4-5-9-20(19)35-27(24)28(32)30(25)23-10-6-7-14-29-23/h4-12,14,16-17,25H,13,15H2,1-3H3/t25-/m0/s1. The molecule has 5 rings (SSSR count). The third-order valence-electron chi connectivity index (χ3n) is 6.13. The molecule has 1 amide bonds. The molecule has 1 aliphatic rings. The number of pyridine rings is 1. The lowest BCUT2D eigenvalue weighted by Gasteiger charge is -2.25. The van der Waals surface area contributed by atoms with Gasteiger partial charge < -0.3 is 13.9 Å². The Kier molecular flexibility index (Phi) is 5.99. The Labute approximate surface area is 202 Å². The number of carbonyl (C=O) groups excluding carboxylic acids is 1. The average molecular weight is 471 g/mol. The van der Waals surface area contributed by atoms with Crippen molar-refractivity contribution in [2.45, 2.75) is 26.3 Å². The van der Waals surface area contributed by atoms with Gasteiger partial charge in [0.05, 0.1) is 30.7 Å². The summed E-state index contributed by atoms with van der Waals surface area (Å²) in [5.41, 5.74) is 1.11. The first-order valence-corrected chi connectivity index (χ1v) is 11.6. The topological polar surface area (TPSA) is 81.9 Å². The summed E-state index contributed by atoms with van der Waals surface area (Å²) in [5, 5.41) is 0.424. The van der Waals surface area contributed by atoms with E-state index in [1.165, 1.54) is 4.90 Å². The molecule has 7 heteroatoms. The van der Waals surface area contributed by atoms with Gasteiger partial charge in [-0.25, -0.2) is 4.98 Å². The van der Waals surface area contributed by atoms with E-state index in [4.69, 9.17) is 13.9 Å². The zero-order valence-electron chi connectivity index (χ0n) is 19.9. The van der Waals surface area contributed by atoms with Crippen LogP contribution in [0.2, 0.25) is 0 Å². The third-order valence-corrected chi connectivity index (χ3v) is 6.13. The van der Waals surface area contributed by atoms with Crippen molar-refractivity contribution in [1.82, 2.24) is 4.98 Å². The fraction of sp³-hybridized carbons (Fsp3) is 0.250. The minimum atomic E-state index is -0.730. The maximum atomic E-state index is 13.6. The van der Waals surface area contributed by atoms with Crippen LogP contribution in [-0.2, 0) is 0 Å². The van der Waals surface area contributed by atoms with Gasteiger partial charge >= 0.3 is 0 Å². The molecule has 0 radical (unpaired) electrons. The van der Waals surface area contributed by atoms with Gasteiger partial charge in [0.1, 0.15) is 11.4 Å². The smallest absolute Gasteiger partial charge is 0.296 e. The number of carbonyl (C=O) groups is 1. The van der Waals surface area contributed by atoms with Crippen molar-refractivity contribution >= 4 is 22.7 Å². The highest BCUT2D eigenvalue weighted by Crippen LogP contribution is 2.42. The second kappa shape index (κ2) is 9.25. The van der Waals surface area contributed by atoms with Crippen LogP contribution in [0.5, 0.6) is 11.5 Å². The van der Waals surface area contributed by atoms with Crippen LogP contribution in [0, 0.1) is 5.92 Å². The van der Waals surface area contributed by atoms with Crippen molar-refractivity contribution in [3.8, 4) is 11.5 Å². The van der Waals surface area contributed by atoms with Crippen LogP contribution in [0.4, 0.5) is 5.82 Å². The predicted octanol–water partition coefficient (Wildman–Crippen LogP) is 5.37. The quantitative estimate of drug-likeness (QED) is 0.361. The fourth-order valence-electron chi connectivity index (χ4n) is 4.35. The number of benzene rings is 2. The van der Waals surface area contributed by atoms with Crippen LogP contribution in [0.25, 0.3) is 11.0 Å². The monoisotopic (exact) mass is 470 g/mol. The van der Waals surface area contributed by atoms with Gasteiger partial charge in [0.2, 0.25) is 5.76 Å². The van der Waals surface area contributed by atoms with Crippen molar-refractivity contribution < 1.29 is 18.7 Å². The molecule has 2 aromatic heterocycles. The summed E-state index contributed by atoms with van der Waals surface area (Å²) >= 11 is 0. The summed E-state index contributed by atoms with van der Waals surface area (Å²) in [7, 11) is 1.57. The predicted molar refractivity (Wildman–Crippen MR) is 133 cm³/mol. The number of nitrogens with zero attached hydrogens (tertiary/aromatic N) is 2. The number of aromatic nitrogens is 1. The molecule has 0 N–H and O–H groups in total. The molecule has 2 aromatic carbocycles. The summed E-state index contributed by atoms with van der Waals surface area (Å²) in [5.74, 6) is 1.69. The van der Waals surface area contributed by atoms with Gasteiger partial charge in [-0.2, -0.15) is 0 Å². The molecule has 0 aliphatic carbocycles. The average Bonchev–Trinajstić information content (AvgIpc) is 3.17. The Balaban J connectivity index is 1.67. The van der Waals surface area contributed by atoms with Crippen LogP contribution >= 0.6 is 0 Å². The van der Waals surface area contributed by atoms with Crippen LogP contribution in [0.3, 0.4) is 0 Å². The van der Waals surface area contributed by atoms with Gasteiger partial charge in [-0.05, 0) is 54.3 Å². The molecule has 3 heterocycles. The fourth-order valence-corrected chi connectivity index (χ4v) is 4.35. The SMILES string of the molecule is COc1cc([C@H]2c3c(oc4ccccc4c3=O)C(=O)N2c2ccccn2)ccc1OCCC(C)C. The van der Waals surface area contributed by atoms with E-state index in [9.17, 15) is 9.59 Å². The molecule has 1 atom stereocenters. The lowest BCUT2D eigenvalue weighted by molar-refractivity contribution is 0.0970. The van der Waals surface area contributed by atoms with E-state index < -0.39 is 11.9 Å². The van der Waals surface area contributed by atoms with Crippen LogP contribution in [-0.4, -0.2) is 24.6 Å². The van der Waals surface area contributed by atoms with E-state index in [-0.39, 0.29) is 16.8 Å². The third kappa shape index (κ3) is 4.03. The number of amides is 1. The molecule has 0 saturated heterocycles. The first-order valence-electron chi connectivity index (χ1n) is 11.6. The molecule has 0 saturated carbocycles. The number of anilines is 1. The lowest BCUT2D eigenvalue weighted by atomic mass is 9.98. The number of ether oxygens (including phenoxy) is 2. The van der Waals surface area contributed by atoms with Crippen molar-refractivity contribution in [2.24, 2.45) is 5.92 Å². The number of rotatable bonds is 7. The maximum absolute atomic E-state index is 13.6. The summed E-state index contributed by atoms with van der Waals surface area (Å²) < 4.78 is 17.5. The highest BCUT2D eigenvalue weighted by atomic mass is 16.5. The minimum absolute atomic E-state index is 0.0283. The van der Waals surface area contributed by atoms with Crippen molar-refractivity contribution in [3.05, 3.63) is 94.0 Å². The second-order valence-corrected chi connectivity index (χ2v) is 8.88. The van der Waals surface area contributed by atoms with Gasteiger partial charge in [-0.1, -0.05) is 38.1 Å². The van der Waals surface area contributed by atoms with E-state index in [2.05, 4.69) is 18.8 Å². The lowest BCUT2D eigenvalue weighted by Crippen LogP contribution is -2.30. The molecule has 4 aromatic rings. The number of fused-ring (bicyclic) bond motifs is 2. The Morgan fingerprint density at radius 3 is 2.57 bits per heavy atom. The number of para-hydroxylation sites is 1. The molecule has 1 aliphatic heterocycles. The van der Waals surface area contributed by atoms with Gasteiger partial charge in [-0.3, -0.25) is 14.5 Å². The largest absolute Gasteiger partial charge is 0.493 e. The van der Waals surface area contributed by atoms with Crippen molar-refractivity contribution in [3.63, 3.8) is 0 Å². The molecule has 0 spiro atoms. The van der Waals surface area contributed by atoms with Gasteiger partial charge in [-0.15, -0.1) is 0 Å². The number of hydrogen-bond donors (Lipinski definition) is 0. The normalized spacial score (nSPS) is 15.0. The highest BCUT2D eigenvalue weighted by Gasteiger charge is 2.44. The molecule has 35 heavy (non-hydrogen) atoms. The van der Waals surface area contributed by atoms with Crippen LogP contribution < -0.4 is 19.8 Å². The second-order valence-electron chi connectivity index (χ2n) is 8.88. The molecule has 0 bridgehead atoms. The van der Waals surface area contributed by atoms with Crippen molar-refractivity contribution in [1.29, 1.82) is 0 Å². The maximum Gasteiger partial charge on any atom is 0.296 e. The first-order chi connectivity index (χ1) is 17.0. The highest BCUT2D eigenvalue weighted by molar-refractivity contribution is 6.10. The zero-order valence-corrected chi connectivity index (χ0v) is 19.9. The summed E-state index contributed by atoms with van der Waals surface area (Å²) in [4.78, 5) is 33.1. The van der Waals surface area contributed by atoms with Crippen molar-refractivity contribution in [2.75, 3.05) is 18.6 Å². The summed E-state index contributed by atoms with van der Waals surface area (Å²) in [6, 6.07) is 17.0. The molecule has 0 unspecified atom stereocenters. The summed E-state index contributed by atoms with van der Waals surface area (Å²) in [6.45, 7) is 4.84. The van der Waals surface area contributed by atoms with E-state index in [0.717, 1.165) is 6.42 Å². The van der Waals surface area contributed by atoms with Gasteiger partial charge in [0.25, 0.3) is 5.91 Å². The van der Waals surface area contributed by atoms with E-state index in [1.54, 1.807) is 55.8 Å². The van der Waals surface area contributed by atoms with Gasteiger partial charge in [0, 0.05) is 6.20 Å². The Bertz CT molecular complexity index is 1450. The van der Waals surface area contributed by atoms with Crippen LogP contribution in [0.1, 0.15) is 48.0 Å². The molecule has 178 valence electrons. The van der Waals surface area contributed by atoms with Crippen LogP contribution in [0.15, 0.2) is 76.1 Å². The molecule has 7 nitrogen and oxygen atoms in total. The molecular weight excluding hydrogens is 444 g/mol. The molecular formula is C28H26N2O5. The van der Waals surface area contributed by atoms with E-state index in [1.807, 2.05) is 18.2 Å². The molecule has 0 fully saturated rings. The van der Waals surface area contributed by atoms with Gasteiger partial charge in [0.15, 0.2) is 16.9 Å². The zero-order chi connectivity index (χ0) is 24.5. The first kappa shape index (κ1) is 22.7. The Morgan fingerprint density at radius 1 is 1.03 bits per heavy atom. The summed E-state index contributed by atoms with van der Waals surface area (Å²) in [6.07, 6.45) is 2.53. The number of methoxy groups -OCH3 is 1. The Morgan fingerprint density at radius 2 is 1.83 bits per heavy atom. The van der Waals surface area contributed by atoms with E-state index >= 15 is 0 Å². The number of hydrogen-bond acceptors (Lipinski definition) is 6. The minimum Gasteiger partial charge on any atom is -0.493 e.